The van der Waals surface area contributed by atoms with Crippen LogP contribution < -0.4 is 10.5 Å². The first-order chi connectivity index (χ1) is 9.08. The van der Waals surface area contributed by atoms with Crippen molar-refractivity contribution in [1.29, 1.82) is 0 Å². The maximum atomic E-state index is 12.3. The van der Waals surface area contributed by atoms with E-state index in [1.807, 2.05) is 11.9 Å². The average molecular weight is 269 g/mol. The van der Waals surface area contributed by atoms with E-state index in [1.165, 1.54) is 6.07 Å². The van der Waals surface area contributed by atoms with Gasteiger partial charge in [0.2, 0.25) is 0 Å². The molecule has 1 aliphatic rings. The van der Waals surface area contributed by atoms with E-state index in [0.29, 0.717) is 17.6 Å². The molecule has 104 valence electrons. The van der Waals surface area contributed by atoms with Crippen LogP contribution in [-0.2, 0) is 6.54 Å². The topological polar surface area (TPSA) is 50.8 Å². The van der Waals surface area contributed by atoms with Gasteiger partial charge in [0, 0.05) is 18.7 Å². The van der Waals surface area contributed by atoms with E-state index in [1.54, 1.807) is 18.2 Å². The van der Waals surface area contributed by atoms with Gasteiger partial charge in [0.05, 0.1) is 6.54 Å². The van der Waals surface area contributed by atoms with Gasteiger partial charge in [-0.2, -0.15) is 8.78 Å². The molecule has 1 aromatic rings. The summed E-state index contributed by atoms with van der Waals surface area (Å²) in [4.78, 5) is 6.13. The highest BCUT2D eigenvalue weighted by atomic mass is 19.3. The van der Waals surface area contributed by atoms with Gasteiger partial charge in [-0.3, -0.25) is 0 Å². The number of benzene rings is 1. The number of hydrogen-bond donors (Lipinski definition) is 1. The van der Waals surface area contributed by atoms with Gasteiger partial charge < -0.3 is 15.4 Å². The lowest BCUT2D eigenvalue weighted by Crippen LogP contribution is -2.35. The third-order valence-electron chi connectivity index (χ3n) is 3.06. The summed E-state index contributed by atoms with van der Waals surface area (Å²) >= 11 is 0. The molecule has 0 amide bonds. The summed E-state index contributed by atoms with van der Waals surface area (Å²) in [6, 6.07) is 7.06. The first-order valence-electron chi connectivity index (χ1n) is 6.13. The van der Waals surface area contributed by atoms with Gasteiger partial charge in [-0.1, -0.05) is 18.2 Å². The molecule has 0 aliphatic heterocycles. The van der Waals surface area contributed by atoms with Crippen molar-refractivity contribution in [2.24, 2.45) is 10.7 Å². The zero-order valence-corrected chi connectivity index (χ0v) is 10.7. The fourth-order valence-corrected chi connectivity index (χ4v) is 1.77. The van der Waals surface area contributed by atoms with E-state index in [-0.39, 0.29) is 12.3 Å². The number of para-hydroxylation sites is 1. The molecule has 0 aromatic heterocycles. The molecule has 0 atom stereocenters. The Morgan fingerprint density at radius 2 is 2.16 bits per heavy atom. The molecule has 0 unspecified atom stereocenters. The van der Waals surface area contributed by atoms with E-state index in [4.69, 9.17) is 5.73 Å². The lowest BCUT2D eigenvalue weighted by molar-refractivity contribution is -0.0504. The van der Waals surface area contributed by atoms with Crippen molar-refractivity contribution in [2.45, 2.75) is 32.0 Å². The van der Waals surface area contributed by atoms with Crippen LogP contribution in [0.4, 0.5) is 8.78 Å². The van der Waals surface area contributed by atoms with Gasteiger partial charge in [0.15, 0.2) is 5.96 Å². The first-order valence-corrected chi connectivity index (χ1v) is 6.13. The van der Waals surface area contributed by atoms with Crippen LogP contribution in [0.15, 0.2) is 29.3 Å². The van der Waals surface area contributed by atoms with Crippen LogP contribution in [0.3, 0.4) is 0 Å². The van der Waals surface area contributed by atoms with Crippen LogP contribution in [-0.4, -0.2) is 30.6 Å². The molecule has 1 saturated carbocycles. The van der Waals surface area contributed by atoms with E-state index in [0.717, 1.165) is 12.8 Å². The van der Waals surface area contributed by atoms with Crippen molar-refractivity contribution in [3.8, 4) is 5.75 Å². The summed E-state index contributed by atoms with van der Waals surface area (Å²) in [6.07, 6.45) is 2.25. The summed E-state index contributed by atoms with van der Waals surface area (Å²) in [5.41, 5.74) is 6.44. The second-order valence-electron chi connectivity index (χ2n) is 4.50. The molecule has 0 radical (unpaired) electrons. The van der Waals surface area contributed by atoms with Gasteiger partial charge in [-0.15, -0.1) is 0 Å². The van der Waals surface area contributed by atoms with Gasteiger partial charge in [0.25, 0.3) is 0 Å². The Morgan fingerprint density at radius 1 is 1.47 bits per heavy atom. The molecule has 1 aromatic carbocycles. The molecule has 1 fully saturated rings. The molecule has 4 nitrogen and oxygen atoms in total. The zero-order valence-electron chi connectivity index (χ0n) is 10.7. The number of rotatable bonds is 5. The molecule has 0 saturated heterocycles. The third kappa shape index (κ3) is 3.81. The predicted molar refractivity (Wildman–Crippen MR) is 69.2 cm³/mol. The van der Waals surface area contributed by atoms with E-state index in [9.17, 15) is 8.78 Å². The minimum Gasteiger partial charge on any atom is -0.434 e. The number of guanidine groups is 1. The Labute approximate surface area is 110 Å². The smallest absolute Gasteiger partial charge is 0.387 e. The highest BCUT2D eigenvalue weighted by Crippen LogP contribution is 2.25. The Balaban J connectivity index is 2.03. The van der Waals surface area contributed by atoms with Crippen molar-refractivity contribution >= 4 is 5.96 Å². The third-order valence-corrected chi connectivity index (χ3v) is 3.06. The average Bonchev–Trinajstić information content (AvgIpc) is 3.20. The number of nitrogens with zero attached hydrogens (tertiary/aromatic N) is 2. The molecule has 0 bridgehead atoms. The summed E-state index contributed by atoms with van der Waals surface area (Å²) in [5.74, 6) is 0.567. The zero-order chi connectivity index (χ0) is 13.8. The van der Waals surface area contributed by atoms with E-state index in [2.05, 4.69) is 9.73 Å². The maximum Gasteiger partial charge on any atom is 0.387 e. The van der Waals surface area contributed by atoms with Crippen molar-refractivity contribution in [2.75, 3.05) is 7.05 Å². The molecule has 2 N–H and O–H groups in total. The molecule has 1 aliphatic carbocycles. The number of aliphatic imine (C=N–C) groups is 1. The molecule has 0 spiro atoms. The quantitative estimate of drug-likeness (QED) is 0.658. The van der Waals surface area contributed by atoms with Crippen molar-refractivity contribution in [3.63, 3.8) is 0 Å². The predicted octanol–water partition coefficient (Wildman–Crippen LogP) is 2.20. The van der Waals surface area contributed by atoms with Crippen LogP contribution >= 0.6 is 0 Å². The van der Waals surface area contributed by atoms with Gasteiger partial charge >= 0.3 is 6.61 Å². The van der Waals surface area contributed by atoms with Crippen LogP contribution in [0.1, 0.15) is 18.4 Å². The van der Waals surface area contributed by atoms with Crippen molar-refractivity contribution < 1.29 is 13.5 Å². The Bertz CT molecular complexity index is 461. The first kappa shape index (κ1) is 13.6. The van der Waals surface area contributed by atoms with Crippen LogP contribution in [0.25, 0.3) is 0 Å². The van der Waals surface area contributed by atoms with Crippen molar-refractivity contribution in [3.05, 3.63) is 29.8 Å². The van der Waals surface area contributed by atoms with Crippen LogP contribution in [0.2, 0.25) is 0 Å². The monoisotopic (exact) mass is 269 g/mol. The second-order valence-corrected chi connectivity index (χ2v) is 4.50. The number of ether oxygens (including phenoxy) is 1. The molecule has 6 heteroatoms. The molecular formula is C13H17F2N3O. The summed E-state index contributed by atoms with van der Waals surface area (Å²) < 4.78 is 28.9. The highest BCUT2D eigenvalue weighted by Gasteiger charge is 2.27. The molecular weight excluding hydrogens is 252 g/mol. The number of halogens is 2. The molecule has 2 rings (SSSR count). The Hall–Kier alpha value is -1.85. The normalized spacial score (nSPS) is 15.7. The van der Waals surface area contributed by atoms with Gasteiger partial charge in [-0.05, 0) is 18.9 Å². The fraction of sp³-hybridized carbons (Fsp3) is 0.462. The minimum atomic E-state index is -2.84. The van der Waals surface area contributed by atoms with Crippen LogP contribution in [0.5, 0.6) is 5.75 Å². The lowest BCUT2D eigenvalue weighted by atomic mass is 10.2. The Morgan fingerprint density at radius 3 is 2.79 bits per heavy atom. The number of alkyl halides is 2. The maximum absolute atomic E-state index is 12.3. The summed E-state index contributed by atoms with van der Waals surface area (Å²) in [5, 5.41) is 0. The van der Waals surface area contributed by atoms with E-state index >= 15 is 0 Å². The van der Waals surface area contributed by atoms with E-state index < -0.39 is 6.61 Å². The largest absolute Gasteiger partial charge is 0.434 e. The molecule has 0 heterocycles. The Kier molecular flexibility index (Phi) is 4.19. The number of hydrogen-bond acceptors (Lipinski definition) is 2. The minimum absolute atomic E-state index is 0.142. The summed E-state index contributed by atoms with van der Waals surface area (Å²) in [6.45, 7) is -2.61. The number of nitrogens with two attached hydrogens (primary N) is 1. The molecule has 19 heavy (non-hydrogen) atoms. The highest BCUT2D eigenvalue weighted by molar-refractivity contribution is 5.78. The second kappa shape index (κ2) is 5.86. The SMILES string of the molecule is CN(C(N)=NCc1ccccc1OC(F)F)C1CC1. The van der Waals surface area contributed by atoms with Gasteiger partial charge in [0.1, 0.15) is 5.75 Å². The van der Waals surface area contributed by atoms with Gasteiger partial charge in [-0.25, -0.2) is 4.99 Å². The standard InChI is InChI=1S/C13H17F2N3O/c1-18(10-6-7-10)13(16)17-8-9-4-2-3-5-11(9)19-12(14)15/h2-5,10,12H,6-8H2,1H3,(H2,16,17). The van der Waals surface area contributed by atoms with Crippen molar-refractivity contribution in [1.82, 2.24) is 4.90 Å². The lowest BCUT2D eigenvalue weighted by Gasteiger charge is -2.17. The summed E-state index contributed by atoms with van der Waals surface area (Å²) in [7, 11) is 1.89. The van der Waals surface area contributed by atoms with Crippen LogP contribution in [0, 0.1) is 0 Å². The fourth-order valence-electron chi connectivity index (χ4n) is 1.77.